The van der Waals surface area contributed by atoms with E-state index in [0.29, 0.717) is 0 Å². The maximum absolute atomic E-state index is 10.2. The minimum atomic E-state index is -1.12. The van der Waals surface area contributed by atoms with Gasteiger partial charge in [-0.15, -0.1) is 11.8 Å². The normalized spacial score (nSPS) is 9.00. The van der Waals surface area contributed by atoms with Crippen molar-refractivity contribution in [1.82, 2.24) is 0 Å². The van der Waals surface area contributed by atoms with Crippen LogP contribution in [0.3, 0.4) is 0 Å². The van der Waals surface area contributed by atoms with Gasteiger partial charge in [-0.1, -0.05) is 0 Å². The van der Waals surface area contributed by atoms with Crippen molar-refractivity contribution in [2.45, 2.75) is 6.92 Å². The van der Waals surface area contributed by atoms with E-state index in [2.05, 4.69) is 0 Å². The van der Waals surface area contributed by atoms with Gasteiger partial charge in [0.1, 0.15) is 5.78 Å². The Bertz CT molecular complexity index is 107. The smallest absolute Gasteiger partial charge is 0.139 e. The van der Waals surface area contributed by atoms with Crippen LogP contribution in [0.25, 0.3) is 0 Å². The van der Waals surface area contributed by atoms with E-state index >= 15 is 0 Å². The maximum atomic E-state index is 10.2. The van der Waals surface area contributed by atoms with Crippen molar-refractivity contribution in [1.29, 1.82) is 0 Å². The van der Waals surface area contributed by atoms with E-state index in [-0.39, 0.29) is 17.3 Å². The summed E-state index contributed by atoms with van der Waals surface area (Å²) in [6, 6.07) is 0. The van der Waals surface area contributed by atoms with Crippen molar-refractivity contribution in [3.8, 4) is 0 Å². The van der Waals surface area contributed by atoms with Gasteiger partial charge in [-0.05, 0) is 6.92 Å². The van der Waals surface area contributed by atoms with Gasteiger partial charge in [0.05, 0.1) is 11.7 Å². The molecule has 52 valence electrons. The van der Waals surface area contributed by atoms with Crippen LogP contribution in [0.4, 0.5) is 0 Å². The van der Waals surface area contributed by atoms with Gasteiger partial charge in [-0.2, -0.15) is 0 Å². The molecule has 0 amide bonds. The summed E-state index contributed by atoms with van der Waals surface area (Å²) in [7, 11) is 0. The summed E-state index contributed by atoms with van der Waals surface area (Å²) in [5.41, 5.74) is 0. The van der Waals surface area contributed by atoms with Crippen LogP contribution in [-0.4, -0.2) is 23.3 Å². The molecule has 0 rings (SSSR count). The number of ketones is 1. The minimum Gasteiger partial charge on any atom is -0.549 e. The lowest BCUT2D eigenvalue weighted by Crippen LogP contribution is -2.24. The molecule has 0 atom stereocenters. The van der Waals surface area contributed by atoms with Crippen molar-refractivity contribution in [3.63, 3.8) is 0 Å². The topological polar surface area (TPSA) is 57.2 Å². The fraction of sp³-hybridized carbons (Fsp3) is 0.600. The first-order chi connectivity index (χ1) is 4.13. The van der Waals surface area contributed by atoms with Crippen LogP contribution in [0.5, 0.6) is 0 Å². The van der Waals surface area contributed by atoms with Gasteiger partial charge in [0.2, 0.25) is 0 Å². The molecule has 0 N–H and O–H groups in total. The number of rotatable bonds is 4. The Balaban J connectivity index is 3.10. The number of hydrogen-bond donors (Lipinski definition) is 0. The molecule has 0 fully saturated rings. The molecule has 0 bridgehead atoms. The Morgan fingerprint density at radius 2 is 2.00 bits per heavy atom. The molecule has 0 aliphatic rings. The molecule has 0 saturated heterocycles. The van der Waals surface area contributed by atoms with Crippen molar-refractivity contribution >= 4 is 23.5 Å². The van der Waals surface area contributed by atoms with E-state index in [9.17, 15) is 14.7 Å². The molecule has 0 aromatic heterocycles. The molecule has 3 nitrogen and oxygen atoms in total. The standard InChI is InChI=1S/C5H8O3S/c1-4(6)2-9-3-5(7)8/h2-3H2,1H3,(H,7,8)/p-1. The van der Waals surface area contributed by atoms with Crippen LogP contribution < -0.4 is 5.11 Å². The third kappa shape index (κ3) is 7.49. The van der Waals surface area contributed by atoms with Crippen LogP contribution in [0.1, 0.15) is 6.92 Å². The van der Waals surface area contributed by atoms with E-state index in [1.54, 1.807) is 0 Å². The van der Waals surface area contributed by atoms with Gasteiger partial charge < -0.3 is 9.90 Å². The number of carboxylic acids is 1. The van der Waals surface area contributed by atoms with Gasteiger partial charge in [-0.25, -0.2) is 0 Å². The van der Waals surface area contributed by atoms with Crippen molar-refractivity contribution in [3.05, 3.63) is 0 Å². The fourth-order valence-corrected chi connectivity index (χ4v) is 0.834. The molecule has 0 spiro atoms. The lowest BCUT2D eigenvalue weighted by atomic mass is 10.5. The minimum absolute atomic E-state index is 0.0127. The second kappa shape index (κ2) is 4.38. The quantitative estimate of drug-likeness (QED) is 0.515. The summed E-state index contributed by atoms with van der Waals surface area (Å²) in [5, 5.41) is 9.74. The highest BCUT2D eigenvalue weighted by atomic mass is 32.2. The SMILES string of the molecule is CC(=O)CSCC(=O)[O-]. The zero-order valence-electron chi connectivity index (χ0n) is 5.05. The molecule has 0 unspecified atom stereocenters. The van der Waals surface area contributed by atoms with Crippen LogP contribution in [0.2, 0.25) is 0 Å². The first kappa shape index (κ1) is 8.49. The monoisotopic (exact) mass is 147 g/mol. The van der Waals surface area contributed by atoms with Crippen LogP contribution in [0, 0.1) is 0 Å². The summed E-state index contributed by atoms with van der Waals surface area (Å²) in [4.78, 5) is 19.9. The molecule has 0 aliphatic carbocycles. The number of thioether (sulfide) groups is 1. The van der Waals surface area contributed by atoms with Crippen LogP contribution >= 0.6 is 11.8 Å². The largest absolute Gasteiger partial charge is 0.549 e. The number of carboxylic acid groups (broad SMARTS) is 1. The second-order valence-corrected chi connectivity index (χ2v) is 2.55. The number of carbonyl (C=O) groups is 2. The van der Waals surface area contributed by atoms with Gasteiger partial charge in [-0.3, -0.25) is 4.79 Å². The van der Waals surface area contributed by atoms with E-state index in [1.807, 2.05) is 0 Å². The molecule has 9 heavy (non-hydrogen) atoms. The van der Waals surface area contributed by atoms with Gasteiger partial charge in [0, 0.05) is 5.75 Å². The highest BCUT2D eigenvalue weighted by Gasteiger charge is 1.92. The number of hydrogen-bond acceptors (Lipinski definition) is 4. The summed E-state index contributed by atoms with van der Waals surface area (Å²) in [5.74, 6) is -0.976. The number of aliphatic carboxylic acids is 1. The number of Topliss-reactive ketones (excluding diaryl/α,β-unsaturated/α-hetero) is 1. The molecule has 0 aromatic carbocycles. The number of carbonyl (C=O) groups excluding carboxylic acids is 2. The van der Waals surface area contributed by atoms with Crippen LogP contribution in [0.15, 0.2) is 0 Å². The molecular weight excluding hydrogens is 140 g/mol. The van der Waals surface area contributed by atoms with E-state index in [1.165, 1.54) is 6.92 Å². The van der Waals surface area contributed by atoms with E-state index in [4.69, 9.17) is 0 Å². The Labute approximate surface area is 57.4 Å². The zero-order valence-corrected chi connectivity index (χ0v) is 5.86. The second-order valence-electron chi connectivity index (χ2n) is 1.57. The molecule has 0 radical (unpaired) electrons. The van der Waals surface area contributed by atoms with E-state index < -0.39 is 5.97 Å². The molecular formula is C5H7O3S-. The van der Waals surface area contributed by atoms with E-state index in [0.717, 1.165) is 11.8 Å². The predicted molar refractivity (Wildman–Crippen MR) is 33.0 cm³/mol. The Kier molecular flexibility index (Phi) is 4.13. The van der Waals surface area contributed by atoms with Crippen molar-refractivity contribution in [2.75, 3.05) is 11.5 Å². The third-order valence-corrected chi connectivity index (χ3v) is 1.58. The fourth-order valence-electron chi connectivity index (χ4n) is 0.278. The lowest BCUT2D eigenvalue weighted by molar-refractivity contribution is -0.301. The van der Waals surface area contributed by atoms with Gasteiger partial charge in [0.15, 0.2) is 0 Å². The molecule has 0 aromatic rings. The summed E-state index contributed by atoms with van der Waals surface area (Å²) >= 11 is 1.06. The summed E-state index contributed by atoms with van der Waals surface area (Å²) in [6.07, 6.45) is 0. The first-order valence-corrected chi connectivity index (χ1v) is 3.55. The lowest BCUT2D eigenvalue weighted by Gasteiger charge is -1.97. The highest BCUT2D eigenvalue weighted by Crippen LogP contribution is 1.96. The highest BCUT2D eigenvalue weighted by molar-refractivity contribution is 8.00. The average Bonchev–Trinajstić information content (AvgIpc) is 1.63. The summed E-state index contributed by atoms with van der Waals surface area (Å²) < 4.78 is 0. The third-order valence-electron chi connectivity index (χ3n) is 0.525. The molecule has 0 saturated carbocycles. The van der Waals surface area contributed by atoms with Crippen molar-refractivity contribution < 1.29 is 14.7 Å². The van der Waals surface area contributed by atoms with Gasteiger partial charge in [0.25, 0.3) is 0 Å². The van der Waals surface area contributed by atoms with Gasteiger partial charge >= 0.3 is 0 Å². The molecule has 4 heteroatoms. The summed E-state index contributed by atoms with van der Waals surface area (Å²) in [6.45, 7) is 1.42. The van der Waals surface area contributed by atoms with Crippen molar-refractivity contribution in [2.24, 2.45) is 0 Å². The first-order valence-electron chi connectivity index (χ1n) is 2.40. The maximum Gasteiger partial charge on any atom is 0.139 e. The molecule has 0 heterocycles. The zero-order chi connectivity index (χ0) is 7.28. The Morgan fingerprint density at radius 1 is 1.44 bits per heavy atom. The predicted octanol–water partition coefficient (Wildman–Crippen LogP) is -0.942. The molecule has 0 aliphatic heterocycles. The van der Waals surface area contributed by atoms with Crippen LogP contribution in [-0.2, 0) is 9.59 Å². The Hall–Kier alpha value is -0.510. The average molecular weight is 147 g/mol. The Morgan fingerprint density at radius 3 is 2.33 bits per heavy atom.